The number of hydrogen-bond acceptors (Lipinski definition) is 3. The zero-order chi connectivity index (χ0) is 15.4. The predicted molar refractivity (Wildman–Crippen MR) is 72.1 cm³/mol. The molecule has 0 unspecified atom stereocenters. The Hall–Kier alpha value is -1.28. The largest absolute Gasteiger partial charge is 0.416 e. The van der Waals surface area contributed by atoms with Crippen molar-refractivity contribution < 1.29 is 21.6 Å². The highest BCUT2D eigenvalue weighted by Crippen LogP contribution is 2.32. The van der Waals surface area contributed by atoms with Crippen LogP contribution in [-0.4, -0.2) is 27.8 Å². The Morgan fingerprint density at radius 3 is 2.45 bits per heavy atom. The zero-order valence-electron chi connectivity index (χ0n) is 11.2. The lowest BCUT2D eigenvalue weighted by atomic mass is 10.1. The molecule has 4 nitrogen and oxygen atoms in total. The molecule has 1 rings (SSSR count). The molecule has 0 fully saturated rings. The van der Waals surface area contributed by atoms with Gasteiger partial charge >= 0.3 is 6.18 Å². The summed E-state index contributed by atoms with van der Waals surface area (Å²) in [5.74, 6) is -0.149. The van der Waals surface area contributed by atoms with Crippen molar-refractivity contribution in [1.29, 1.82) is 0 Å². The lowest BCUT2D eigenvalue weighted by Gasteiger charge is -2.13. The third kappa shape index (κ3) is 5.01. The summed E-state index contributed by atoms with van der Waals surface area (Å²) in [4.78, 5) is 0. The van der Waals surface area contributed by atoms with Gasteiger partial charge in [-0.2, -0.15) is 13.2 Å². The van der Waals surface area contributed by atoms with E-state index in [0.29, 0.717) is 18.5 Å². The molecule has 0 aliphatic heterocycles. The molecule has 0 saturated carbocycles. The van der Waals surface area contributed by atoms with Crippen LogP contribution >= 0.6 is 0 Å². The van der Waals surface area contributed by atoms with Crippen LogP contribution in [0.4, 0.5) is 18.9 Å². The van der Waals surface area contributed by atoms with Gasteiger partial charge in [0, 0.05) is 0 Å². The van der Waals surface area contributed by atoms with Gasteiger partial charge in [0.25, 0.3) is 0 Å². The number of halogens is 3. The van der Waals surface area contributed by atoms with Gasteiger partial charge in [-0.3, -0.25) is 4.72 Å². The van der Waals surface area contributed by atoms with Gasteiger partial charge < -0.3 is 5.32 Å². The van der Waals surface area contributed by atoms with Crippen molar-refractivity contribution in [1.82, 2.24) is 5.32 Å². The van der Waals surface area contributed by atoms with E-state index in [1.54, 1.807) is 14.0 Å². The first kappa shape index (κ1) is 16.8. The van der Waals surface area contributed by atoms with Crippen LogP contribution in [0.2, 0.25) is 0 Å². The van der Waals surface area contributed by atoms with Crippen molar-refractivity contribution >= 4 is 15.7 Å². The maximum Gasteiger partial charge on any atom is 0.416 e. The minimum Gasteiger partial charge on any atom is -0.320 e. The third-order valence-corrected chi connectivity index (χ3v) is 4.03. The van der Waals surface area contributed by atoms with Crippen LogP contribution in [0.3, 0.4) is 0 Å². The molecule has 0 saturated heterocycles. The maximum absolute atomic E-state index is 12.6. The molecule has 0 radical (unpaired) electrons. The Morgan fingerprint density at radius 2 is 1.90 bits per heavy atom. The fourth-order valence-corrected chi connectivity index (χ4v) is 2.75. The van der Waals surface area contributed by atoms with Crippen LogP contribution in [0.25, 0.3) is 0 Å². The van der Waals surface area contributed by atoms with Gasteiger partial charge in [-0.15, -0.1) is 0 Å². The first-order chi connectivity index (χ1) is 9.15. The van der Waals surface area contributed by atoms with Gasteiger partial charge in [-0.1, -0.05) is 6.07 Å². The summed E-state index contributed by atoms with van der Waals surface area (Å²) in [5, 5.41) is 2.80. The molecular formula is C12H17F3N2O2S. The Bertz CT molecular complexity index is 556. The SMILES string of the molecule is CNCCCS(=O)(=O)Nc1cc(C(F)(F)F)ccc1C. The average molecular weight is 310 g/mol. The Balaban J connectivity index is 2.91. The van der Waals surface area contributed by atoms with Gasteiger partial charge in [-0.05, 0) is 44.6 Å². The molecule has 114 valence electrons. The summed E-state index contributed by atoms with van der Waals surface area (Å²) in [6.45, 7) is 2.06. The van der Waals surface area contributed by atoms with Crippen molar-refractivity contribution in [3.63, 3.8) is 0 Å². The summed E-state index contributed by atoms with van der Waals surface area (Å²) in [6, 6.07) is 2.98. The van der Waals surface area contributed by atoms with E-state index in [1.165, 1.54) is 6.07 Å². The number of rotatable bonds is 6. The van der Waals surface area contributed by atoms with E-state index >= 15 is 0 Å². The summed E-state index contributed by atoms with van der Waals surface area (Å²) in [6.07, 6.45) is -4.12. The summed E-state index contributed by atoms with van der Waals surface area (Å²) >= 11 is 0. The van der Waals surface area contributed by atoms with E-state index < -0.39 is 21.8 Å². The summed E-state index contributed by atoms with van der Waals surface area (Å²) in [5.41, 5.74) is -0.476. The minimum absolute atomic E-state index is 0.0377. The highest BCUT2D eigenvalue weighted by molar-refractivity contribution is 7.92. The number of hydrogen-bond donors (Lipinski definition) is 2. The standard InChI is InChI=1S/C12H17F3N2O2S/c1-9-4-5-10(12(13,14)15)8-11(9)17-20(18,19)7-3-6-16-2/h4-5,8,16-17H,3,6-7H2,1-2H3. The summed E-state index contributed by atoms with van der Waals surface area (Å²) in [7, 11) is -1.96. The molecule has 0 atom stereocenters. The Labute approximate surface area is 116 Å². The number of nitrogens with one attached hydrogen (secondary N) is 2. The van der Waals surface area contributed by atoms with Crippen molar-refractivity contribution in [3.8, 4) is 0 Å². The van der Waals surface area contributed by atoms with Gasteiger partial charge in [0.05, 0.1) is 17.0 Å². The molecule has 0 heterocycles. The van der Waals surface area contributed by atoms with E-state index in [0.717, 1.165) is 12.1 Å². The van der Waals surface area contributed by atoms with Crippen LogP contribution in [0.5, 0.6) is 0 Å². The van der Waals surface area contributed by atoms with E-state index in [9.17, 15) is 21.6 Å². The normalized spacial score (nSPS) is 12.4. The number of alkyl halides is 3. The molecule has 0 bridgehead atoms. The van der Waals surface area contributed by atoms with Crippen LogP contribution in [-0.2, 0) is 16.2 Å². The average Bonchev–Trinajstić information content (AvgIpc) is 2.30. The van der Waals surface area contributed by atoms with Crippen molar-refractivity contribution in [2.75, 3.05) is 24.1 Å². The summed E-state index contributed by atoms with van der Waals surface area (Å²) < 4.78 is 63.5. The maximum atomic E-state index is 12.6. The second kappa shape index (κ2) is 6.45. The monoisotopic (exact) mass is 310 g/mol. The number of benzene rings is 1. The smallest absolute Gasteiger partial charge is 0.320 e. The van der Waals surface area contributed by atoms with Gasteiger partial charge in [-0.25, -0.2) is 8.42 Å². The Morgan fingerprint density at radius 1 is 1.25 bits per heavy atom. The molecule has 0 aliphatic carbocycles. The fourth-order valence-electron chi connectivity index (χ4n) is 1.57. The van der Waals surface area contributed by atoms with E-state index in [1.807, 2.05) is 0 Å². The van der Waals surface area contributed by atoms with Crippen molar-refractivity contribution in [2.24, 2.45) is 0 Å². The molecule has 0 spiro atoms. The molecule has 1 aromatic rings. The fraction of sp³-hybridized carbons (Fsp3) is 0.500. The van der Waals surface area contributed by atoms with Crippen LogP contribution in [0, 0.1) is 6.92 Å². The lowest BCUT2D eigenvalue weighted by molar-refractivity contribution is -0.137. The number of anilines is 1. The highest BCUT2D eigenvalue weighted by atomic mass is 32.2. The molecular weight excluding hydrogens is 293 g/mol. The minimum atomic E-state index is -4.50. The van der Waals surface area contributed by atoms with E-state index in [2.05, 4.69) is 10.0 Å². The highest BCUT2D eigenvalue weighted by Gasteiger charge is 2.31. The van der Waals surface area contributed by atoms with Crippen LogP contribution in [0.15, 0.2) is 18.2 Å². The van der Waals surface area contributed by atoms with Gasteiger partial charge in [0.1, 0.15) is 0 Å². The zero-order valence-corrected chi connectivity index (χ0v) is 12.0. The topological polar surface area (TPSA) is 58.2 Å². The molecule has 20 heavy (non-hydrogen) atoms. The van der Waals surface area contributed by atoms with Crippen molar-refractivity contribution in [3.05, 3.63) is 29.3 Å². The molecule has 0 amide bonds. The van der Waals surface area contributed by atoms with Crippen LogP contribution < -0.4 is 10.0 Å². The molecule has 1 aromatic carbocycles. The molecule has 0 aliphatic rings. The second-order valence-corrected chi connectivity index (χ2v) is 6.25. The lowest BCUT2D eigenvalue weighted by Crippen LogP contribution is -2.21. The quantitative estimate of drug-likeness (QED) is 0.793. The first-order valence-corrected chi connectivity index (χ1v) is 7.64. The van der Waals surface area contributed by atoms with E-state index in [4.69, 9.17) is 0 Å². The molecule has 8 heteroatoms. The number of sulfonamides is 1. The number of aryl methyl sites for hydroxylation is 1. The third-order valence-electron chi connectivity index (χ3n) is 2.67. The van der Waals surface area contributed by atoms with Gasteiger partial charge in [0.2, 0.25) is 10.0 Å². The molecule has 0 aromatic heterocycles. The van der Waals surface area contributed by atoms with Crippen LogP contribution in [0.1, 0.15) is 17.5 Å². The van der Waals surface area contributed by atoms with Crippen molar-refractivity contribution in [2.45, 2.75) is 19.5 Å². The van der Waals surface area contributed by atoms with E-state index in [-0.39, 0.29) is 11.4 Å². The Kier molecular flexibility index (Phi) is 5.41. The predicted octanol–water partition coefficient (Wildman–Crippen LogP) is 2.37. The first-order valence-electron chi connectivity index (χ1n) is 5.98. The van der Waals surface area contributed by atoms with Gasteiger partial charge in [0.15, 0.2) is 0 Å². The second-order valence-electron chi connectivity index (χ2n) is 4.41. The molecule has 2 N–H and O–H groups in total.